The van der Waals surface area contributed by atoms with Crippen LogP contribution in [-0.4, -0.2) is 37.6 Å². The average molecular weight is 346 g/mol. The van der Waals surface area contributed by atoms with E-state index in [0.717, 1.165) is 4.47 Å². The number of hydrogen-bond acceptors (Lipinski definition) is 3. The smallest absolute Gasteiger partial charge is 0.255 e. The second kappa shape index (κ2) is 8.16. The fourth-order valence-electron chi connectivity index (χ4n) is 1.53. The van der Waals surface area contributed by atoms with Crippen LogP contribution < -0.4 is 0 Å². The zero-order valence-electron chi connectivity index (χ0n) is 10.5. The van der Waals surface area contributed by atoms with Crippen LogP contribution in [0.3, 0.4) is 0 Å². The quantitative estimate of drug-likeness (QED) is 0.796. The Hall–Kier alpha value is -1.09. The van der Waals surface area contributed by atoms with Crippen LogP contribution in [-0.2, 0) is 4.74 Å². The normalized spacial score (nSPS) is 10.0. The molecule has 1 aromatic carbocycles. The number of methoxy groups -OCH3 is 1. The number of hydrogen-bond donors (Lipinski definition) is 0. The Morgan fingerprint density at radius 3 is 2.84 bits per heavy atom. The number of benzene rings is 1. The summed E-state index contributed by atoms with van der Waals surface area (Å²) in [6.07, 6.45) is 0.281. The van der Waals surface area contributed by atoms with E-state index in [1.54, 1.807) is 30.2 Å². The van der Waals surface area contributed by atoms with E-state index in [2.05, 4.69) is 15.9 Å². The Morgan fingerprint density at radius 2 is 2.26 bits per heavy atom. The maximum absolute atomic E-state index is 12.3. The topological polar surface area (TPSA) is 53.3 Å². The van der Waals surface area contributed by atoms with Crippen LogP contribution in [0.2, 0.25) is 5.02 Å². The number of carbonyl (C=O) groups excluding carboxylic acids is 1. The lowest BCUT2D eigenvalue weighted by molar-refractivity contribution is 0.0700. The van der Waals surface area contributed by atoms with Gasteiger partial charge in [-0.2, -0.15) is 5.26 Å². The highest BCUT2D eigenvalue weighted by Crippen LogP contribution is 2.22. The first-order chi connectivity index (χ1) is 9.10. The number of nitriles is 1. The van der Waals surface area contributed by atoms with Gasteiger partial charge in [-0.25, -0.2) is 0 Å². The Bertz CT molecular complexity index is 488. The molecular weight excluding hydrogens is 332 g/mol. The highest BCUT2D eigenvalue weighted by Gasteiger charge is 2.18. The third-order valence-corrected chi connectivity index (χ3v) is 3.31. The molecule has 0 unspecified atom stereocenters. The maximum atomic E-state index is 12.3. The molecule has 0 heterocycles. The summed E-state index contributed by atoms with van der Waals surface area (Å²) < 4.78 is 5.78. The van der Waals surface area contributed by atoms with Gasteiger partial charge in [0.25, 0.3) is 5.91 Å². The predicted octanol–water partition coefficient (Wildman–Crippen LogP) is 3.10. The maximum Gasteiger partial charge on any atom is 0.255 e. The summed E-state index contributed by atoms with van der Waals surface area (Å²) in [5.41, 5.74) is 0.430. The van der Waals surface area contributed by atoms with E-state index >= 15 is 0 Å². The van der Waals surface area contributed by atoms with Crippen molar-refractivity contribution in [1.29, 1.82) is 5.26 Å². The van der Waals surface area contributed by atoms with Crippen LogP contribution in [0.25, 0.3) is 0 Å². The molecule has 4 nitrogen and oxygen atoms in total. The van der Waals surface area contributed by atoms with Crippen molar-refractivity contribution in [2.75, 3.05) is 26.8 Å². The summed E-state index contributed by atoms with van der Waals surface area (Å²) in [5.74, 6) is -0.190. The largest absolute Gasteiger partial charge is 0.383 e. The van der Waals surface area contributed by atoms with Crippen LogP contribution in [0.5, 0.6) is 0 Å². The second-order valence-electron chi connectivity index (χ2n) is 3.82. The number of rotatable bonds is 6. The van der Waals surface area contributed by atoms with E-state index in [9.17, 15) is 4.79 Å². The van der Waals surface area contributed by atoms with Gasteiger partial charge in [0, 0.05) is 24.7 Å². The van der Waals surface area contributed by atoms with Crippen molar-refractivity contribution in [1.82, 2.24) is 4.90 Å². The minimum Gasteiger partial charge on any atom is -0.383 e. The Kier molecular flexibility index (Phi) is 6.85. The zero-order chi connectivity index (χ0) is 14.3. The number of ether oxygens (including phenoxy) is 1. The summed E-state index contributed by atoms with van der Waals surface area (Å²) in [7, 11) is 1.57. The van der Waals surface area contributed by atoms with Gasteiger partial charge < -0.3 is 9.64 Å². The highest BCUT2D eigenvalue weighted by molar-refractivity contribution is 9.10. The lowest BCUT2D eigenvalue weighted by Gasteiger charge is -2.21. The SMILES string of the molecule is COCCN(CCC#N)C(=O)c1ccc(Br)cc1Cl. The van der Waals surface area contributed by atoms with Crippen molar-refractivity contribution >= 4 is 33.4 Å². The van der Waals surface area contributed by atoms with Gasteiger partial charge in [0.05, 0.1) is 29.7 Å². The Labute approximate surface area is 126 Å². The molecule has 0 aliphatic heterocycles. The summed E-state index contributed by atoms with van der Waals surface area (Å²) >= 11 is 9.36. The van der Waals surface area contributed by atoms with Crippen LogP contribution >= 0.6 is 27.5 Å². The van der Waals surface area contributed by atoms with Crippen LogP contribution in [0.15, 0.2) is 22.7 Å². The predicted molar refractivity (Wildman–Crippen MR) is 77.2 cm³/mol. The van der Waals surface area contributed by atoms with Crippen molar-refractivity contribution in [2.45, 2.75) is 6.42 Å². The molecule has 102 valence electrons. The number of halogens is 2. The van der Waals surface area contributed by atoms with E-state index in [-0.39, 0.29) is 12.3 Å². The standard InChI is InChI=1S/C13H14BrClN2O2/c1-19-8-7-17(6-2-5-16)13(18)11-4-3-10(14)9-12(11)15/h3-4,9H,2,6-8H2,1H3. The molecule has 0 atom stereocenters. The number of nitrogens with zero attached hydrogens (tertiary/aromatic N) is 2. The molecule has 0 fully saturated rings. The lowest BCUT2D eigenvalue weighted by Crippen LogP contribution is -2.34. The summed E-state index contributed by atoms with van der Waals surface area (Å²) in [5, 5.41) is 9.02. The fraction of sp³-hybridized carbons (Fsp3) is 0.385. The zero-order valence-corrected chi connectivity index (χ0v) is 12.9. The van der Waals surface area contributed by atoms with E-state index in [1.807, 2.05) is 6.07 Å². The molecule has 0 bridgehead atoms. The van der Waals surface area contributed by atoms with Gasteiger partial charge in [0.2, 0.25) is 0 Å². The lowest BCUT2D eigenvalue weighted by atomic mass is 10.2. The van der Waals surface area contributed by atoms with Crippen LogP contribution in [0, 0.1) is 11.3 Å². The molecule has 1 amide bonds. The van der Waals surface area contributed by atoms with Gasteiger partial charge in [-0.3, -0.25) is 4.79 Å². The molecule has 1 aromatic rings. The van der Waals surface area contributed by atoms with Crippen LogP contribution in [0.1, 0.15) is 16.8 Å². The summed E-state index contributed by atoms with van der Waals surface area (Å²) in [6, 6.07) is 7.13. The van der Waals surface area contributed by atoms with Gasteiger partial charge in [0.15, 0.2) is 0 Å². The van der Waals surface area contributed by atoms with E-state index in [4.69, 9.17) is 21.6 Å². The molecule has 0 saturated heterocycles. The van der Waals surface area contributed by atoms with E-state index in [1.165, 1.54) is 0 Å². The molecule has 19 heavy (non-hydrogen) atoms. The molecule has 6 heteroatoms. The van der Waals surface area contributed by atoms with Crippen LogP contribution in [0.4, 0.5) is 0 Å². The van der Waals surface area contributed by atoms with Gasteiger partial charge >= 0.3 is 0 Å². The van der Waals surface area contributed by atoms with Gasteiger partial charge in [0.1, 0.15) is 0 Å². The molecule has 0 radical (unpaired) electrons. The van der Waals surface area contributed by atoms with Gasteiger partial charge in [-0.15, -0.1) is 0 Å². The Balaban J connectivity index is 2.88. The molecular formula is C13H14BrClN2O2. The summed E-state index contributed by atoms with van der Waals surface area (Å²) in [6.45, 7) is 1.22. The third-order valence-electron chi connectivity index (χ3n) is 2.51. The monoisotopic (exact) mass is 344 g/mol. The molecule has 0 saturated carbocycles. The first-order valence-electron chi connectivity index (χ1n) is 5.70. The molecule has 0 aliphatic rings. The van der Waals surface area contributed by atoms with Gasteiger partial charge in [-0.1, -0.05) is 27.5 Å². The molecule has 0 aromatic heterocycles. The first kappa shape index (κ1) is 16.0. The fourth-order valence-corrected chi connectivity index (χ4v) is 2.29. The minimum atomic E-state index is -0.190. The summed E-state index contributed by atoms with van der Waals surface area (Å²) in [4.78, 5) is 13.9. The number of carbonyl (C=O) groups is 1. The number of amides is 1. The third kappa shape index (κ3) is 4.83. The molecule has 1 rings (SSSR count). The van der Waals surface area contributed by atoms with Gasteiger partial charge in [-0.05, 0) is 18.2 Å². The second-order valence-corrected chi connectivity index (χ2v) is 5.14. The van der Waals surface area contributed by atoms with Crippen molar-refractivity contribution < 1.29 is 9.53 Å². The molecule has 0 aliphatic carbocycles. The van der Waals surface area contributed by atoms with E-state index in [0.29, 0.717) is 30.3 Å². The van der Waals surface area contributed by atoms with Crippen molar-refractivity contribution in [3.8, 4) is 6.07 Å². The molecule has 0 spiro atoms. The molecule has 0 N–H and O–H groups in total. The van der Waals surface area contributed by atoms with Crippen molar-refractivity contribution in [2.24, 2.45) is 0 Å². The van der Waals surface area contributed by atoms with E-state index < -0.39 is 0 Å². The minimum absolute atomic E-state index is 0.190. The highest BCUT2D eigenvalue weighted by atomic mass is 79.9. The average Bonchev–Trinajstić information content (AvgIpc) is 2.38. The van der Waals surface area contributed by atoms with Crippen molar-refractivity contribution in [3.05, 3.63) is 33.3 Å². The first-order valence-corrected chi connectivity index (χ1v) is 6.87. The Morgan fingerprint density at radius 1 is 1.53 bits per heavy atom. The van der Waals surface area contributed by atoms with Crippen molar-refractivity contribution in [3.63, 3.8) is 0 Å².